The highest BCUT2D eigenvalue weighted by Crippen LogP contribution is 2.27. The van der Waals surface area contributed by atoms with E-state index in [4.69, 9.17) is 13.9 Å². The molecule has 3 aromatic rings. The molecule has 0 unspecified atom stereocenters. The molecule has 1 aliphatic heterocycles. The lowest BCUT2D eigenvalue weighted by atomic mass is 9.99. The Morgan fingerprint density at radius 3 is 2.45 bits per heavy atom. The number of aliphatic hydroxyl groups is 4. The molecule has 1 fully saturated rings. The lowest BCUT2D eigenvalue weighted by molar-refractivity contribution is -0.277. The maximum absolute atomic E-state index is 12.8. The highest BCUT2D eigenvalue weighted by Gasteiger charge is 2.44. The van der Waals surface area contributed by atoms with E-state index in [9.17, 15) is 25.2 Å². The number of ether oxygens (including phenoxy) is 2. The van der Waals surface area contributed by atoms with E-state index in [1.54, 1.807) is 0 Å². The molecule has 0 saturated carbocycles. The number of hydrogen-bond acceptors (Lipinski definition) is 8. The zero-order valence-corrected chi connectivity index (χ0v) is 15.2. The van der Waals surface area contributed by atoms with Crippen molar-refractivity contribution in [2.24, 2.45) is 0 Å². The van der Waals surface area contributed by atoms with Crippen LogP contribution in [-0.4, -0.2) is 57.7 Å². The Morgan fingerprint density at radius 1 is 0.966 bits per heavy atom. The summed E-state index contributed by atoms with van der Waals surface area (Å²) in [6, 6.07) is 13.7. The van der Waals surface area contributed by atoms with E-state index in [-0.39, 0.29) is 16.8 Å². The Labute approximate surface area is 165 Å². The van der Waals surface area contributed by atoms with Crippen molar-refractivity contribution in [2.45, 2.75) is 30.7 Å². The largest absolute Gasteiger partial charge is 0.463 e. The van der Waals surface area contributed by atoms with Crippen LogP contribution in [0.15, 0.2) is 64.0 Å². The Bertz CT molecular complexity index is 1050. The van der Waals surface area contributed by atoms with Crippen molar-refractivity contribution in [2.75, 3.05) is 6.61 Å². The summed E-state index contributed by atoms with van der Waals surface area (Å²) in [5, 5.41) is 39.4. The minimum Gasteiger partial charge on any atom is -0.463 e. The monoisotopic (exact) mass is 400 g/mol. The van der Waals surface area contributed by atoms with Crippen LogP contribution in [0.1, 0.15) is 0 Å². The second-order valence-electron chi connectivity index (χ2n) is 6.82. The fourth-order valence-corrected chi connectivity index (χ4v) is 3.30. The van der Waals surface area contributed by atoms with E-state index < -0.39 is 37.3 Å². The third-order valence-electron chi connectivity index (χ3n) is 4.93. The zero-order chi connectivity index (χ0) is 20.5. The normalized spacial score (nSPS) is 27.1. The summed E-state index contributed by atoms with van der Waals surface area (Å²) in [6.45, 7) is -0.556. The highest BCUT2D eigenvalue weighted by molar-refractivity contribution is 5.82. The predicted molar refractivity (Wildman–Crippen MR) is 102 cm³/mol. The van der Waals surface area contributed by atoms with Crippen molar-refractivity contribution in [1.29, 1.82) is 0 Å². The average molecular weight is 400 g/mol. The molecule has 8 nitrogen and oxygen atoms in total. The molecule has 4 N–H and O–H groups in total. The van der Waals surface area contributed by atoms with Crippen LogP contribution in [0.4, 0.5) is 0 Å². The van der Waals surface area contributed by atoms with Crippen molar-refractivity contribution >= 4 is 11.0 Å². The molecule has 8 heteroatoms. The smallest absolute Gasteiger partial charge is 0.229 e. The molecule has 4 rings (SSSR count). The summed E-state index contributed by atoms with van der Waals surface area (Å²) >= 11 is 0. The van der Waals surface area contributed by atoms with Crippen LogP contribution in [0.5, 0.6) is 5.75 Å². The molecule has 0 aliphatic carbocycles. The van der Waals surface area contributed by atoms with Crippen LogP contribution < -0.4 is 10.2 Å². The van der Waals surface area contributed by atoms with Gasteiger partial charge in [-0.2, -0.15) is 0 Å². The molecular formula is C21H20O8. The second kappa shape index (κ2) is 7.94. The van der Waals surface area contributed by atoms with Crippen LogP contribution in [0.25, 0.3) is 22.1 Å². The number of hydrogen-bond donors (Lipinski definition) is 4. The molecule has 0 radical (unpaired) electrons. The van der Waals surface area contributed by atoms with Gasteiger partial charge in [0.1, 0.15) is 42.0 Å². The SMILES string of the molecule is O=c1c(-c2ccccc2)coc2cc(O[C@@H]3O[C@H](CO)[C@H](O)[C@@H](O)[C@@H]3O)ccc12. The summed E-state index contributed by atoms with van der Waals surface area (Å²) in [5.74, 6) is 0.220. The highest BCUT2D eigenvalue weighted by atomic mass is 16.7. The van der Waals surface area contributed by atoms with Crippen LogP contribution >= 0.6 is 0 Å². The first-order valence-electron chi connectivity index (χ1n) is 9.07. The quantitative estimate of drug-likeness (QED) is 0.502. The Hall–Kier alpha value is -2.75. The molecule has 5 atom stereocenters. The van der Waals surface area contributed by atoms with Crippen molar-refractivity contribution in [3.8, 4) is 16.9 Å². The van der Waals surface area contributed by atoms with Gasteiger partial charge in [0.05, 0.1) is 17.6 Å². The molecular weight excluding hydrogens is 380 g/mol. The van der Waals surface area contributed by atoms with Crippen LogP contribution in [0.2, 0.25) is 0 Å². The summed E-state index contributed by atoms with van der Waals surface area (Å²) in [5.41, 5.74) is 1.25. The van der Waals surface area contributed by atoms with Gasteiger partial charge in [-0.1, -0.05) is 30.3 Å². The number of rotatable bonds is 4. The molecule has 152 valence electrons. The van der Waals surface area contributed by atoms with Crippen LogP contribution in [0.3, 0.4) is 0 Å². The maximum Gasteiger partial charge on any atom is 0.229 e. The van der Waals surface area contributed by atoms with Crippen molar-refractivity contribution in [3.05, 3.63) is 65.0 Å². The molecule has 0 bridgehead atoms. The van der Waals surface area contributed by atoms with E-state index >= 15 is 0 Å². The Kier molecular flexibility index (Phi) is 5.35. The van der Waals surface area contributed by atoms with Gasteiger partial charge in [0.2, 0.25) is 6.29 Å². The van der Waals surface area contributed by atoms with Gasteiger partial charge in [0.15, 0.2) is 5.43 Å². The average Bonchev–Trinajstić information content (AvgIpc) is 2.75. The first kappa shape index (κ1) is 19.6. The van der Waals surface area contributed by atoms with E-state index in [1.807, 2.05) is 30.3 Å². The number of benzene rings is 2. The molecule has 1 saturated heterocycles. The lowest BCUT2D eigenvalue weighted by Gasteiger charge is -2.39. The van der Waals surface area contributed by atoms with E-state index in [0.29, 0.717) is 10.9 Å². The molecule has 0 spiro atoms. The van der Waals surface area contributed by atoms with Crippen molar-refractivity contribution in [1.82, 2.24) is 0 Å². The van der Waals surface area contributed by atoms with Gasteiger partial charge < -0.3 is 34.3 Å². The predicted octanol–water partition coefficient (Wildman–Crippen LogP) is 0.639. The fraction of sp³-hybridized carbons (Fsp3) is 0.286. The van der Waals surface area contributed by atoms with Crippen LogP contribution in [-0.2, 0) is 4.74 Å². The molecule has 0 amide bonds. The van der Waals surface area contributed by atoms with E-state index in [0.717, 1.165) is 5.56 Å². The van der Waals surface area contributed by atoms with Gasteiger partial charge in [-0.25, -0.2) is 0 Å². The van der Waals surface area contributed by atoms with Gasteiger partial charge in [-0.15, -0.1) is 0 Å². The summed E-state index contributed by atoms with van der Waals surface area (Å²) < 4.78 is 16.5. The molecule has 2 aromatic carbocycles. The fourth-order valence-electron chi connectivity index (χ4n) is 3.30. The minimum absolute atomic E-state index is 0.197. The number of aliphatic hydroxyl groups excluding tert-OH is 4. The van der Waals surface area contributed by atoms with E-state index in [1.165, 1.54) is 24.5 Å². The first-order valence-corrected chi connectivity index (χ1v) is 9.07. The standard InChI is InChI=1S/C21H20O8/c22-9-16-18(24)19(25)20(26)21(29-16)28-12-6-7-13-15(8-12)27-10-14(17(13)23)11-4-2-1-3-5-11/h1-8,10,16,18-22,24-26H,9H2/t16-,18+,19-,20+,21-/m1/s1. The lowest BCUT2D eigenvalue weighted by Crippen LogP contribution is -2.60. The van der Waals surface area contributed by atoms with E-state index in [2.05, 4.69) is 0 Å². The maximum atomic E-state index is 12.8. The van der Waals surface area contributed by atoms with Crippen molar-refractivity contribution in [3.63, 3.8) is 0 Å². The van der Waals surface area contributed by atoms with Crippen molar-refractivity contribution < 1.29 is 34.3 Å². The first-order chi connectivity index (χ1) is 14.0. The van der Waals surface area contributed by atoms with Gasteiger partial charge in [0.25, 0.3) is 0 Å². The number of fused-ring (bicyclic) bond motifs is 1. The zero-order valence-electron chi connectivity index (χ0n) is 15.2. The third-order valence-corrected chi connectivity index (χ3v) is 4.93. The molecule has 29 heavy (non-hydrogen) atoms. The second-order valence-corrected chi connectivity index (χ2v) is 6.82. The van der Waals surface area contributed by atoms with Gasteiger partial charge >= 0.3 is 0 Å². The van der Waals surface area contributed by atoms with Gasteiger partial charge in [-0.3, -0.25) is 4.79 Å². The Morgan fingerprint density at radius 2 is 1.72 bits per heavy atom. The summed E-state index contributed by atoms with van der Waals surface area (Å²) in [7, 11) is 0. The Balaban J connectivity index is 1.62. The minimum atomic E-state index is -1.54. The molecule has 2 heterocycles. The third kappa shape index (κ3) is 3.64. The summed E-state index contributed by atoms with van der Waals surface area (Å²) in [4.78, 5) is 12.8. The molecule has 1 aromatic heterocycles. The topological polar surface area (TPSA) is 130 Å². The van der Waals surface area contributed by atoms with Crippen LogP contribution in [0, 0.1) is 0 Å². The van der Waals surface area contributed by atoms with Gasteiger partial charge in [-0.05, 0) is 17.7 Å². The molecule has 1 aliphatic rings. The summed E-state index contributed by atoms with van der Waals surface area (Å²) in [6.07, 6.45) is -5.57. The van der Waals surface area contributed by atoms with Gasteiger partial charge in [0, 0.05) is 6.07 Å².